The van der Waals surface area contributed by atoms with E-state index in [9.17, 15) is 9.50 Å². The van der Waals surface area contributed by atoms with E-state index in [0.717, 1.165) is 0 Å². The lowest BCUT2D eigenvalue weighted by Crippen LogP contribution is -1.90. The predicted octanol–water partition coefficient (Wildman–Crippen LogP) is 2.68. The van der Waals surface area contributed by atoms with Crippen LogP contribution in [0.2, 0.25) is 0 Å². The Morgan fingerprint density at radius 3 is 2.39 bits per heavy atom. The molecule has 0 bridgehead atoms. The lowest BCUT2D eigenvalue weighted by atomic mass is 10.2. The summed E-state index contributed by atoms with van der Waals surface area (Å²) >= 11 is 0. The van der Waals surface area contributed by atoms with Crippen molar-refractivity contribution >= 4 is 11.9 Å². The van der Waals surface area contributed by atoms with E-state index >= 15 is 0 Å². The van der Waals surface area contributed by atoms with E-state index in [1.165, 1.54) is 30.5 Å². The summed E-state index contributed by atoms with van der Waals surface area (Å²) in [5, 5.41) is 22.3. The number of rotatable bonds is 3. The molecule has 2 aromatic carbocycles. The van der Waals surface area contributed by atoms with Crippen molar-refractivity contribution in [2.24, 2.45) is 5.10 Å². The molecule has 2 rings (SSSR count). The first kappa shape index (κ1) is 11.9. The van der Waals surface area contributed by atoms with Crippen LogP contribution in [0.3, 0.4) is 0 Å². The molecule has 3 N–H and O–H groups in total. The van der Waals surface area contributed by atoms with Crippen LogP contribution in [0.1, 0.15) is 5.56 Å². The maximum atomic E-state index is 12.6. The highest BCUT2D eigenvalue weighted by Gasteiger charge is 1.98. The Morgan fingerprint density at radius 1 is 1.00 bits per heavy atom. The first-order chi connectivity index (χ1) is 8.65. The van der Waals surface area contributed by atoms with Crippen LogP contribution in [0.25, 0.3) is 0 Å². The Hall–Kier alpha value is -2.56. The van der Waals surface area contributed by atoms with Crippen molar-refractivity contribution in [2.45, 2.75) is 0 Å². The Kier molecular flexibility index (Phi) is 3.43. The summed E-state index contributed by atoms with van der Waals surface area (Å²) in [5.41, 5.74) is 3.99. The number of hydrogen-bond donors (Lipinski definition) is 3. The minimum atomic E-state index is -0.312. The third-order valence-electron chi connectivity index (χ3n) is 2.25. The zero-order valence-electron chi connectivity index (χ0n) is 9.34. The van der Waals surface area contributed by atoms with Crippen molar-refractivity contribution in [2.75, 3.05) is 5.43 Å². The summed E-state index contributed by atoms with van der Waals surface area (Å²) in [6.07, 6.45) is 1.47. The molecule has 18 heavy (non-hydrogen) atoms. The Bertz CT molecular complexity index is 568. The molecule has 0 saturated heterocycles. The first-order valence-corrected chi connectivity index (χ1v) is 5.22. The molecule has 0 saturated carbocycles. The minimum Gasteiger partial charge on any atom is -0.504 e. The van der Waals surface area contributed by atoms with Crippen molar-refractivity contribution in [3.63, 3.8) is 0 Å². The van der Waals surface area contributed by atoms with Gasteiger partial charge in [0.15, 0.2) is 11.5 Å². The van der Waals surface area contributed by atoms with Gasteiger partial charge in [-0.3, -0.25) is 5.43 Å². The van der Waals surface area contributed by atoms with Crippen molar-refractivity contribution < 1.29 is 14.6 Å². The number of hydrogen-bond acceptors (Lipinski definition) is 4. The third kappa shape index (κ3) is 2.98. The van der Waals surface area contributed by atoms with Crippen LogP contribution in [-0.4, -0.2) is 16.4 Å². The molecule has 4 nitrogen and oxygen atoms in total. The zero-order chi connectivity index (χ0) is 13.0. The lowest BCUT2D eigenvalue weighted by Gasteiger charge is -2.00. The topological polar surface area (TPSA) is 64.9 Å². The van der Waals surface area contributed by atoms with Crippen LogP contribution >= 0.6 is 0 Å². The summed E-state index contributed by atoms with van der Waals surface area (Å²) in [5.74, 6) is -0.702. The summed E-state index contributed by atoms with van der Waals surface area (Å²) in [6, 6.07) is 10.1. The molecule has 0 fully saturated rings. The van der Waals surface area contributed by atoms with Gasteiger partial charge in [-0.15, -0.1) is 0 Å². The molecule has 0 atom stereocenters. The summed E-state index contributed by atoms with van der Waals surface area (Å²) in [6.45, 7) is 0. The van der Waals surface area contributed by atoms with E-state index < -0.39 is 0 Å². The number of benzene rings is 2. The second kappa shape index (κ2) is 5.18. The van der Waals surface area contributed by atoms with Gasteiger partial charge in [-0.25, -0.2) is 4.39 Å². The molecule has 5 heteroatoms. The van der Waals surface area contributed by atoms with Gasteiger partial charge in [-0.2, -0.15) is 5.10 Å². The second-order valence-corrected chi connectivity index (χ2v) is 3.63. The maximum Gasteiger partial charge on any atom is 0.158 e. The van der Waals surface area contributed by atoms with Gasteiger partial charge in [0.05, 0.1) is 11.9 Å². The highest BCUT2D eigenvalue weighted by atomic mass is 19.1. The number of halogens is 1. The van der Waals surface area contributed by atoms with Crippen LogP contribution in [0.5, 0.6) is 11.5 Å². The molecule has 0 aliphatic carbocycles. The van der Waals surface area contributed by atoms with Gasteiger partial charge in [-0.05, 0) is 48.0 Å². The van der Waals surface area contributed by atoms with Crippen molar-refractivity contribution in [3.8, 4) is 11.5 Å². The predicted molar refractivity (Wildman–Crippen MR) is 67.4 cm³/mol. The van der Waals surface area contributed by atoms with Gasteiger partial charge >= 0.3 is 0 Å². The van der Waals surface area contributed by atoms with E-state index in [0.29, 0.717) is 11.3 Å². The number of phenolic OH excluding ortho intramolecular Hbond substituents is 2. The lowest BCUT2D eigenvalue weighted by molar-refractivity contribution is 0.403. The highest BCUT2D eigenvalue weighted by Crippen LogP contribution is 2.24. The standard InChI is InChI=1S/C13H11FN2O2/c14-10-2-4-11(5-3-10)16-15-8-9-1-6-12(17)13(18)7-9/h1-8,16-18H/b15-8+. The Labute approximate surface area is 103 Å². The average Bonchev–Trinajstić information content (AvgIpc) is 2.36. The molecular weight excluding hydrogens is 235 g/mol. The normalized spacial score (nSPS) is 10.7. The molecule has 2 aromatic rings. The third-order valence-corrected chi connectivity index (χ3v) is 2.25. The maximum absolute atomic E-state index is 12.6. The highest BCUT2D eigenvalue weighted by molar-refractivity contribution is 5.81. The number of anilines is 1. The van der Waals surface area contributed by atoms with Crippen LogP contribution in [0, 0.1) is 5.82 Å². The smallest absolute Gasteiger partial charge is 0.158 e. The monoisotopic (exact) mass is 246 g/mol. The van der Waals surface area contributed by atoms with Crippen LogP contribution in [0.4, 0.5) is 10.1 Å². The molecule has 92 valence electrons. The molecule has 0 unspecified atom stereocenters. The fraction of sp³-hybridized carbons (Fsp3) is 0. The number of hydrazone groups is 1. The minimum absolute atomic E-state index is 0.182. The van der Waals surface area contributed by atoms with Gasteiger partial charge in [0.2, 0.25) is 0 Å². The zero-order valence-corrected chi connectivity index (χ0v) is 9.34. The van der Waals surface area contributed by atoms with E-state index in [1.807, 2.05) is 0 Å². The molecule has 0 radical (unpaired) electrons. The molecule has 0 aliphatic heterocycles. The van der Waals surface area contributed by atoms with Gasteiger partial charge < -0.3 is 10.2 Å². The first-order valence-electron chi connectivity index (χ1n) is 5.22. The molecule has 0 spiro atoms. The van der Waals surface area contributed by atoms with Gasteiger partial charge in [0.1, 0.15) is 5.82 Å². The van der Waals surface area contributed by atoms with Crippen LogP contribution < -0.4 is 5.43 Å². The number of aromatic hydroxyl groups is 2. The molecule has 0 amide bonds. The van der Waals surface area contributed by atoms with E-state index in [1.54, 1.807) is 18.2 Å². The molecular formula is C13H11FN2O2. The van der Waals surface area contributed by atoms with Crippen molar-refractivity contribution in [1.82, 2.24) is 0 Å². The number of nitrogens with one attached hydrogen (secondary N) is 1. The summed E-state index contributed by atoms with van der Waals surface area (Å²) in [4.78, 5) is 0. The fourth-order valence-corrected chi connectivity index (χ4v) is 1.33. The van der Waals surface area contributed by atoms with Gasteiger partial charge in [0, 0.05) is 0 Å². The van der Waals surface area contributed by atoms with E-state index in [4.69, 9.17) is 5.11 Å². The fourth-order valence-electron chi connectivity index (χ4n) is 1.33. The largest absolute Gasteiger partial charge is 0.504 e. The van der Waals surface area contributed by atoms with Gasteiger partial charge in [-0.1, -0.05) is 0 Å². The van der Waals surface area contributed by atoms with Crippen molar-refractivity contribution in [1.29, 1.82) is 0 Å². The molecule has 0 aliphatic rings. The average molecular weight is 246 g/mol. The quantitative estimate of drug-likeness (QED) is 0.443. The summed E-state index contributed by atoms with van der Waals surface area (Å²) in [7, 11) is 0. The molecule has 0 heterocycles. The Balaban J connectivity index is 2.02. The van der Waals surface area contributed by atoms with E-state index in [-0.39, 0.29) is 17.3 Å². The number of phenols is 2. The van der Waals surface area contributed by atoms with Gasteiger partial charge in [0.25, 0.3) is 0 Å². The SMILES string of the molecule is Oc1ccc(/C=N/Nc2ccc(F)cc2)cc1O. The second-order valence-electron chi connectivity index (χ2n) is 3.63. The van der Waals surface area contributed by atoms with Crippen LogP contribution in [0.15, 0.2) is 47.6 Å². The molecule has 0 aromatic heterocycles. The Morgan fingerprint density at radius 2 is 1.72 bits per heavy atom. The number of nitrogens with zero attached hydrogens (tertiary/aromatic N) is 1. The van der Waals surface area contributed by atoms with Crippen molar-refractivity contribution in [3.05, 3.63) is 53.8 Å². The summed E-state index contributed by atoms with van der Waals surface area (Å²) < 4.78 is 12.6. The van der Waals surface area contributed by atoms with Crippen LogP contribution in [-0.2, 0) is 0 Å². The van der Waals surface area contributed by atoms with E-state index in [2.05, 4.69) is 10.5 Å².